The number of halogens is 2. The van der Waals surface area contributed by atoms with Crippen molar-refractivity contribution < 1.29 is 4.39 Å². The molecule has 0 radical (unpaired) electrons. The molecule has 0 heterocycles. The van der Waals surface area contributed by atoms with E-state index in [0.29, 0.717) is 4.47 Å². The van der Waals surface area contributed by atoms with E-state index < -0.39 is 0 Å². The van der Waals surface area contributed by atoms with Gasteiger partial charge in [0.15, 0.2) is 0 Å². The second-order valence-corrected chi connectivity index (χ2v) is 5.73. The van der Waals surface area contributed by atoms with Crippen LogP contribution in [-0.2, 0) is 0 Å². The van der Waals surface area contributed by atoms with Crippen molar-refractivity contribution in [2.45, 2.75) is 26.8 Å². The zero-order valence-electron chi connectivity index (χ0n) is 11.3. The van der Waals surface area contributed by atoms with Crippen LogP contribution in [0.5, 0.6) is 0 Å². The Balaban J connectivity index is 2.56. The van der Waals surface area contributed by atoms with Crippen molar-refractivity contribution in [2.75, 3.05) is 0 Å². The average Bonchev–Trinajstić information content (AvgIpc) is 2.31. The molecule has 19 heavy (non-hydrogen) atoms. The zero-order valence-corrected chi connectivity index (χ0v) is 12.9. The molecule has 3 heteroatoms. The predicted octanol–water partition coefficient (Wildman–Crippen LogP) is 4.56. The molecule has 0 saturated heterocycles. The maximum Gasteiger partial charge on any atom is 0.137 e. The summed E-state index contributed by atoms with van der Waals surface area (Å²) < 4.78 is 14.1. The lowest BCUT2D eigenvalue weighted by atomic mass is 9.90. The Morgan fingerprint density at radius 2 is 1.68 bits per heavy atom. The molecule has 1 unspecified atom stereocenters. The Kier molecular flexibility index (Phi) is 4.07. The van der Waals surface area contributed by atoms with Crippen molar-refractivity contribution in [2.24, 2.45) is 5.73 Å². The summed E-state index contributed by atoms with van der Waals surface area (Å²) in [6.45, 7) is 6.15. The molecule has 100 valence electrons. The fraction of sp³-hybridized carbons (Fsp3) is 0.250. The number of rotatable bonds is 2. The van der Waals surface area contributed by atoms with E-state index in [2.05, 4.69) is 35.0 Å². The highest BCUT2D eigenvalue weighted by atomic mass is 79.9. The third-order valence-electron chi connectivity index (χ3n) is 3.37. The number of nitrogens with two attached hydrogens (primary N) is 1. The first-order chi connectivity index (χ1) is 8.91. The molecule has 0 saturated carbocycles. The molecule has 0 aliphatic carbocycles. The van der Waals surface area contributed by atoms with Crippen LogP contribution in [0, 0.1) is 26.6 Å². The van der Waals surface area contributed by atoms with E-state index in [1.54, 1.807) is 6.07 Å². The largest absolute Gasteiger partial charge is 0.320 e. The van der Waals surface area contributed by atoms with Crippen LogP contribution in [0.25, 0.3) is 0 Å². The zero-order chi connectivity index (χ0) is 14.2. The molecule has 0 bridgehead atoms. The van der Waals surface area contributed by atoms with Gasteiger partial charge in [-0.15, -0.1) is 0 Å². The minimum absolute atomic E-state index is 0.282. The lowest BCUT2D eigenvalue weighted by Gasteiger charge is -2.20. The van der Waals surface area contributed by atoms with Crippen molar-refractivity contribution in [3.8, 4) is 0 Å². The second-order valence-electron chi connectivity index (χ2n) is 4.93. The fourth-order valence-electron chi connectivity index (χ4n) is 2.60. The maximum absolute atomic E-state index is 13.6. The Morgan fingerprint density at radius 3 is 2.26 bits per heavy atom. The Morgan fingerprint density at radius 1 is 1.11 bits per heavy atom. The first kappa shape index (κ1) is 14.2. The number of hydrogen-bond donors (Lipinski definition) is 1. The van der Waals surface area contributed by atoms with Gasteiger partial charge in [0.1, 0.15) is 5.82 Å². The molecule has 2 N–H and O–H groups in total. The van der Waals surface area contributed by atoms with Crippen molar-refractivity contribution in [3.63, 3.8) is 0 Å². The second kappa shape index (κ2) is 5.43. The summed E-state index contributed by atoms with van der Waals surface area (Å²) in [5, 5.41) is 0. The molecule has 2 aromatic rings. The summed E-state index contributed by atoms with van der Waals surface area (Å²) in [6, 6.07) is 8.86. The number of hydrogen-bond acceptors (Lipinski definition) is 1. The molecule has 0 amide bonds. The Bertz CT molecular complexity index is 599. The molecular weight excluding hydrogens is 305 g/mol. The van der Waals surface area contributed by atoms with Gasteiger partial charge in [-0.2, -0.15) is 0 Å². The van der Waals surface area contributed by atoms with Crippen LogP contribution in [-0.4, -0.2) is 0 Å². The van der Waals surface area contributed by atoms with E-state index in [0.717, 1.165) is 22.3 Å². The molecule has 0 fully saturated rings. The van der Waals surface area contributed by atoms with Gasteiger partial charge in [0.25, 0.3) is 0 Å². The van der Waals surface area contributed by atoms with Gasteiger partial charge in [0, 0.05) is 0 Å². The lowest BCUT2D eigenvalue weighted by Crippen LogP contribution is -2.16. The summed E-state index contributed by atoms with van der Waals surface area (Å²) in [4.78, 5) is 0. The highest BCUT2D eigenvalue weighted by molar-refractivity contribution is 9.10. The van der Waals surface area contributed by atoms with E-state index in [1.165, 1.54) is 11.6 Å². The molecule has 1 atom stereocenters. The van der Waals surface area contributed by atoms with Gasteiger partial charge in [-0.3, -0.25) is 0 Å². The van der Waals surface area contributed by atoms with Gasteiger partial charge in [-0.1, -0.05) is 29.8 Å². The molecule has 2 rings (SSSR count). The third-order valence-corrected chi connectivity index (χ3v) is 4.20. The van der Waals surface area contributed by atoms with Crippen molar-refractivity contribution in [1.29, 1.82) is 0 Å². The van der Waals surface area contributed by atoms with Gasteiger partial charge >= 0.3 is 0 Å². The predicted molar refractivity (Wildman–Crippen MR) is 80.8 cm³/mol. The van der Waals surface area contributed by atoms with Crippen LogP contribution < -0.4 is 5.73 Å². The minimum Gasteiger partial charge on any atom is -0.320 e. The number of benzene rings is 2. The van der Waals surface area contributed by atoms with Gasteiger partial charge in [0.2, 0.25) is 0 Å². The van der Waals surface area contributed by atoms with Crippen LogP contribution in [0.2, 0.25) is 0 Å². The molecule has 1 nitrogen and oxygen atoms in total. The van der Waals surface area contributed by atoms with Gasteiger partial charge in [0.05, 0.1) is 10.5 Å². The van der Waals surface area contributed by atoms with Crippen LogP contribution in [0.15, 0.2) is 34.8 Å². The van der Waals surface area contributed by atoms with E-state index in [-0.39, 0.29) is 11.9 Å². The Labute approximate surface area is 121 Å². The highest BCUT2D eigenvalue weighted by Gasteiger charge is 2.18. The molecular formula is C16H17BrFN. The molecule has 0 aliphatic rings. The maximum atomic E-state index is 13.6. The smallest absolute Gasteiger partial charge is 0.137 e. The third kappa shape index (κ3) is 2.72. The highest BCUT2D eigenvalue weighted by Crippen LogP contribution is 2.32. The monoisotopic (exact) mass is 321 g/mol. The Hall–Kier alpha value is -1.19. The van der Waals surface area contributed by atoms with Crippen LogP contribution in [0.1, 0.15) is 33.9 Å². The normalized spacial score (nSPS) is 12.5. The number of aryl methyl sites for hydroxylation is 3. The molecule has 0 aromatic heterocycles. The summed E-state index contributed by atoms with van der Waals surface area (Å²) >= 11 is 3.29. The van der Waals surface area contributed by atoms with Gasteiger partial charge in [-0.05, 0) is 65.0 Å². The van der Waals surface area contributed by atoms with E-state index >= 15 is 0 Å². The van der Waals surface area contributed by atoms with Gasteiger partial charge < -0.3 is 5.73 Å². The summed E-state index contributed by atoms with van der Waals surface area (Å²) in [7, 11) is 0. The first-order valence-corrected chi connectivity index (χ1v) is 6.98. The molecule has 2 aromatic carbocycles. The van der Waals surface area contributed by atoms with Crippen molar-refractivity contribution >= 4 is 15.9 Å². The van der Waals surface area contributed by atoms with Crippen molar-refractivity contribution in [3.05, 3.63) is 68.4 Å². The first-order valence-electron chi connectivity index (χ1n) is 6.19. The van der Waals surface area contributed by atoms with Crippen LogP contribution >= 0.6 is 15.9 Å². The van der Waals surface area contributed by atoms with Crippen LogP contribution in [0.3, 0.4) is 0 Å². The average molecular weight is 322 g/mol. The lowest BCUT2D eigenvalue weighted by molar-refractivity contribution is 0.615. The van der Waals surface area contributed by atoms with Crippen LogP contribution in [0.4, 0.5) is 4.39 Å². The standard InChI is InChI=1S/C16H17BrFN/c1-9-7-10(2)14(11(3)8-9)16(19)12-5-4-6-13(18)15(12)17/h4-8,16H,19H2,1-3H3. The fourth-order valence-corrected chi connectivity index (χ4v) is 3.11. The van der Waals surface area contributed by atoms with Crippen molar-refractivity contribution in [1.82, 2.24) is 0 Å². The van der Waals surface area contributed by atoms with E-state index in [1.807, 2.05) is 19.9 Å². The van der Waals surface area contributed by atoms with E-state index in [4.69, 9.17) is 5.73 Å². The summed E-state index contributed by atoms with van der Waals surface area (Å²) in [6.07, 6.45) is 0. The summed E-state index contributed by atoms with van der Waals surface area (Å²) in [5.41, 5.74) is 11.7. The topological polar surface area (TPSA) is 26.0 Å². The molecule has 0 aliphatic heterocycles. The SMILES string of the molecule is Cc1cc(C)c(C(N)c2cccc(F)c2Br)c(C)c1. The van der Waals surface area contributed by atoms with Gasteiger partial charge in [-0.25, -0.2) is 4.39 Å². The molecule has 0 spiro atoms. The minimum atomic E-state index is -0.328. The quantitative estimate of drug-likeness (QED) is 0.862. The summed E-state index contributed by atoms with van der Waals surface area (Å²) in [5.74, 6) is -0.282. The van der Waals surface area contributed by atoms with E-state index in [9.17, 15) is 4.39 Å².